The molecule has 184 valence electrons. The maximum atomic E-state index is 12.3. The van der Waals surface area contributed by atoms with Gasteiger partial charge in [0.1, 0.15) is 5.75 Å². The van der Waals surface area contributed by atoms with Crippen LogP contribution in [-0.4, -0.2) is 41.8 Å². The van der Waals surface area contributed by atoms with Crippen LogP contribution in [0.3, 0.4) is 0 Å². The van der Waals surface area contributed by atoms with Crippen molar-refractivity contribution in [2.75, 3.05) is 19.7 Å². The molecule has 0 saturated carbocycles. The lowest BCUT2D eigenvalue weighted by atomic mass is 10.0. The van der Waals surface area contributed by atoms with Gasteiger partial charge in [-0.3, -0.25) is 14.5 Å². The van der Waals surface area contributed by atoms with Crippen molar-refractivity contribution < 1.29 is 14.3 Å². The lowest BCUT2D eigenvalue weighted by Gasteiger charge is -2.32. The molecule has 0 unspecified atom stereocenters. The highest BCUT2D eigenvalue weighted by atomic mass is 35.5. The fourth-order valence-electron chi connectivity index (χ4n) is 3.83. The Hall–Kier alpha value is -2.86. The number of likely N-dealkylation sites (tertiary alicyclic amines) is 1. The average molecular weight is 513 g/mol. The molecule has 1 N–H and O–H groups in total. The zero-order valence-electron chi connectivity index (χ0n) is 19.8. The van der Waals surface area contributed by atoms with E-state index in [0.717, 1.165) is 43.8 Å². The van der Waals surface area contributed by atoms with Crippen LogP contribution >= 0.6 is 23.2 Å². The summed E-state index contributed by atoms with van der Waals surface area (Å²) in [5, 5.41) is 3.39. The summed E-state index contributed by atoms with van der Waals surface area (Å²) in [6.07, 6.45) is 1.93. The summed E-state index contributed by atoms with van der Waals surface area (Å²) in [7, 11) is 0. The molecule has 1 aliphatic rings. The largest absolute Gasteiger partial charge is 0.492 e. The van der Waals surface area contributed by atoms with Crippen molar-refractivity contribution >= 4 is 34.4 Å². The van der Waals surface area contributed by atoms with Crippen molar-refractivity contribution in [3.8, 4) is 5.75 Å². The SMILES string of the molecule is CCOc1cc(CN2CCC(NC(=O)c3ccccc3)CC2)ccc1Cl.O=C(Cl)c1ccccc1. The zero-order chi connectivity index (χ0) is 25.0. The number of nitrogens with one attached hydrogen (secondary N) is 1. The van der Waals surface area contributed by atoms with E-state index in [2.05, 4.69) is 10.2 Å². The number of rotatable bonds is 7. The summed E-state index contributed by atoms with van der Waals surface area (Å²) in [6, 6.07) is 24.3. The van der Waals surface area contributed by atoms with Crippen LogP contribution in [0.4, 0.5) is 0 Å². The van der Waals surface area contributed by atoms with Crippen LogP contribution in [0.2, 0.25) is 5.02 Å². The second-order valence-electron chi connectivity index (χ2n) is 8.23. The molecule has 1 saturated heterocycles. The Balaban J connectivity index is 0.000000320. The van der Waals surface area contributed by atoms with Crippen LogP contribution in [0.15, 0.2) is 78.9 Å². The Bertz CT molecular complexity index is 1090. The standard InChI is InChI=1S/C21H25ClN2O2.C7H5ClO/c1-2-26-20-14-16(8-9-19(20)22)15-24-12-10-18(11-13-24)23-21(25)17-6-4-3-5-7-17;8-7(9)6-4-2-1-3-5-6/h3-9,14,18H,2,10-13,15H2,1H3,(H,23,25);1-5H. The van der Waals surface area contributed by atoms with Gasteiger partial charge in [-0.05, 0) is 61.2 Å². The van der Waals surface area contributed by atoms with Crippen LogP contribution in [0, 0.1) is 0 Å². The fourth-order valence-corrected chi connectivity index (χ4v) is 4.13. The van der Waals surface area contributed by atoms with Gasteiger partial charge in [-0.1, -0.05) is 66.2 Å². The lowest BCUT2D eigenvalue weighted by molar-refractivity contribution is 0.0908. The molecule has 0 spiro atoms. The quantitative estimate of drug-likeness (QED) is 0.383. The Morgan fingerprint density at radius 3 is 2.09 bits per heavy atom. The third-order valence-electron chi connectivity index (χ3n) is 5.66. The van der Waals surface area contributed by atoms with Gasteiger partial charge in [0.2, 0.25) is 0 Å². The van der Waals surface area contributed by atoms with Gasteiger partial charge in [0.05, 0.1) is 11.6 Å². The molecular weight excluding hydrogens is 483 g/mol. The first-order valence-electron chi connectivity index (χ1n) is 11.7. The maximum absolute atomic E-state index is 12.3. The molecule has 1 aliphatic heterocycles. The van der Waals surface area contributed by atoms with E-state index in [1.807, 2.05) is 61.5 Å². The molecule has 0 radical (unpaired) electrons. The van der Waals surface area contributed by atoms with E-state index in [0.29, 0.717) is 17.2 Å². The molecule has 1 heterocycles. The summed E-state index contributed by atoms with van der Waals surface area (Å²) in [5.41, 5.74) is 2.46. The number of amides is 1. The van der Waals surface area contributed by atoms with E-state index in [-0.39, 0.29) is 11.9 Å². The molecule has 4 rings (SSSR count). The molecule has 3 aromatic carbocycles. The molecule has 0 aliphatic carbocycles. The molecule has 35 heavy (non-hydrogen) atoms. The molecule has 0 aromatic heterocycles. The number of carbonyl (C=O) groups excluding carboxylic acids is 2. The van der Waals surface area contributed by atoms with E-state index in [1.54, 1.807) is 24.3 Å². The predicted octanol–water partition coefficient (Wildman–Crippen LogP) is 6.20. The Kier molecular flexibility index (Phi) is 10.6. The topological polar surface area (TPSA) is 58.6 Å². The first-order valence-corrected chi connectivity index (χ1v) is 12.5. The smallest absolute Gasteiger partial charge is 0.252 e. The minimum Gasteiger partial charge on any atom is -0.492 e. The Morgan fingerprint density at radius 1 is 0.943 bits per heavy atom. The first kappa shape index (κ1) is 26.7. The minimum atomic E-state index is -0.407. The van der Waals surface area contributed by atoms with Gasteiger partial charge in [-0.25, -0.2) is 0 Å². The second kappa shape index (κ2) is 13.9. The van der Waals surface area contributed by atoms with Gasteiger partial charge >= 0.3 is 0 Å². The van der Waals surface area contributed by atoms with Crippen LogP contribution < -0.4 is 10.1 Å². The number of benzene rings is 3. The van der Waals surface area contributed by atoms with Crippen molar-refractivity contribution in [1.29, 1.82) is 0 Å². The van der Waals surface area contributed by atoms with Crippen molar-refractivity contribution in [3.05, 3.63) is 101 Å². The number of nitrogens with zero attached hydrogens (tertiary/aromatic N) is 1. The number of ether oxygens (including phenoxy) is 1. The average Bonchev–Trinajstić information content (AvgIpc) is 2.89. The van der Waals surface area contributed by atoms with Gasteiger partial charge in [-0.2, -0.15) is 0 Å². The van der Waals surface area contributed by atoms with Crippen molar-refractivity contribution in [2.45, 2.75) is 32.4 Å². The van der Waals surface area contributed by atoms with Gasteiger partial charge in [0.25, 0.3) is 11.1 Å². The predicted molar refractivity (Wildman–Crippen MR) is 141 cm³/mol. The van der Waals surface area contributed by atoms with Crippen LogP contribution in [0.5, 0.6) is 5.75 Å². The number of piperidine rings is 1. The van der Waals surface area contributed by atoms with E-state index >= 15 is 0 Å². The second-order valence-corrected chi connectivity index (χ2v) is 8.98. The molecule has 7 heteroatoms. The number of carbonyl (C=O) groups is 2. The normalized spacial score (nSPS) is 13.9. The van der Waals surface area contributed by atoms with Gasteiger partial charge in [-0.15, -0.1) is 0 Å². The highest BCUT2D eigenvalue weighted by molar-refractivity contribution is 6.67. The summed E-state index contributed by atoms with van der Waals surface area (Å²) in [4.78, 5) is 25.1. The van der Waals surface area contributed by atoms with E-state index in [4.69, 9.17) is 27.9 Å². The summed E-state index contributed by atoms with van der Waals surface area (Å²) in [5.74, 6) is 0.764. The van der Waals surface area contributed by atoms with Crippen LogP contribution in [0.1, 0.15) is 46.0 Å². The zero-order valence-corrected chi connectivity index (χ0v) is 21.3. The van der Waals surface area contributed by atoms with E-state index < -0.39 is 5.24 Å². The van der Waals surface area contributed by atoms with Crippen molar-refractivity contribution in [2.24, 2.45) is 0 Å². The maximum Gasteiger partial charge on any atom is 0.252 e. The molecule has 0 bridgehead atoms. The number of halogens is 2. The van der Waals surface area contributed by atoms with Gasteiger partial charge < -0.3 is 10.1 Å². The lowest BCUT2D eigenvalue weighted by Crippen LogP contribution is -2.44. The molecule has 5 nitrogen and oxygen atoms in total. The summed E-state index contributed by atoms with van der Waals surface area (Å²) >= 11 is 11.3. The molecule has 3 aromatic rings. The fraction of sp³-hybridized carbons (Fsp3) is 0.286. The Morgan fingerprint density at radius 2 is 1.54 bits per heavy atom. The van der Waals surface area contributed by atoms with E-state index in [9.17, 15) is 9.59 Å². The van der Waals surface area contributed by atoms with Crippen molar-refractivity contribution in [1.82, 2.24) is 10.2 Å². The highest BCUT2D eigenvalue weighted by Gasteiger charge is 2.21. The molecule has 1 amide bonds. The number of hydrogen-bond donors (Lipinski definition) is 1. The molecule has 1 fully saturated rings. The van der Waals surface area contributed by atoms with Crippen LogP contribution in [-0.2, 0) is 6.54 Å². The van der Waals surface area contributed by atoms with E-state index in [1.165, 1.54) is 5.56 Å². The third-order valence-corrected chi connectivity index (χ3v) is 6.19. The monoisotopic (exact) mass is 512 g/mol. The first-order chi connectivity index (χ1) is 17.0. The molecule has 0 atom stereocenters. The third kappa shape index (κ3) is 8.70. The molecular formula is C28H30Cl2N2O3. The minimum absolute atomic E-state index is 0.0168. The highest BCUT2D eigenvalue weighted by Crippen LogP contribution is 2.26. The Labute approximate surface area is 217 Å². The van der Waals surface area contributed by atoms with Gasteiger partial charge in [0.15, 0.2) is 0 Å². The van der Waals surface area contributed by atoms with Crippen molar-refractivity contribution in [3.63, 3.8) is 0 Å². The number of hydrogen-bond acceptors (Lipinski definition) is 4. The van der Waals surface area contributed by atoms with Crippen LogP contribution in [0.25, 0.3) is 0 Å². The summed E-state index contributed by atoms with van der Waals surface area (Å²) in [6.45, 7) is 5.36. The summed E-state index contributed by atoms with van der Waals surface area (Å²) < 4.78 is 5.57. The van der Waals surface area contributed by atoms with Gasteiger partial charge in [0, 0.05) is 36.8 Å².